The van der Waals surface area contributed by atoms with Crippen LogP contribution in [0.3, 0.4) is 0 Å². The highest BCUT2D eigenvalue weighted by molar-refractivity contribution is 6.13. The van der Waals surface area contributed by atoms with E-state index in [1.165, 1.54) is 16.7 Å². The Labute approximate surface area is 158 Å². The fourth-order valence-electron chi connectivity index (χ4n) is 3.34. The van der Waals surface area contributed by atoms with Crippen molar-refractivity contribution in [1.29, 1.82) is 5.41 Å². The number of hydrogen-bond acceptors (Lipinski definition) is 3. The fourth-order valence-corrected chi connectivity index (χ4v) is 3.34. The summed E-state index contributed by atoms with van der Waals surface area (Å²) in [6.45, 7) is 4.26. The van der Waals surface area contributed by atoms with Gasteiger partial charge in [0.15, 0.2) is 5.82 Å². The Hall–Kier alpha value is -3.40. The molecule has 134 valence electrons. The Morgan fingerprint density at radius 1 is 1.07 bits per heavy atom. The number of aromatic nitrogens is 2. The number of nitrogens with zero attached hydrogens (tertiary/aromatic N) is 1. The van der Waals surface area contributed by atoms with E-state index in [0.29, 0.717) is 22.8 Å². The lowest BCUT2D eigenvalue weighted by atomic mass is 9.94. The van der Waals surface area contributed by atoms with Crippen LogP contribution >= 0.6 is 0 Å². The second kappa shape index (κ2) is 6.72. The Kier molecular flexibility index (Phi) is 4.24. The molecule has 0 bridgehead atoms. The summed E-state index contributed by atoms with van der Waals surface area (Å²) in [6.07, 6.45) is 0.990. The van der Waals surface area contributed by atoms with Gasteiger partial charge >= 0.3 is 0 Å². The van der Waals surface area contributed by atoms with Crippen LogP contribution in [0.15, 0.2) is 60.7 Å². The van der Waals surface area contributed by atoms with Crippen molar-refractivity contribution in [2.75, 3.05) is 5.73 Å². The first kappa shape index (κ1) is 17.0. The van der Waals surface area contributed by atoms with Crippen LogP contribution in [0, 0.1) is 12.3 Å². The summed E-state index contributed by atoms with van der Waals surface area (Å²) in [5, 5.41) is 8.66. The van der Waals surface area contributed by atoms with Crippen LogP contribution in [-0.4, -0.2) is 15.7 Å². The normalized spacial score (nSPS) is 11.0. The summed E-state index contributed by atoms with van der Waals surface area (Å²) in [5.74, 6) is 0.527. The van der Waals surface area contributed by atoms with Gasteiger partial charge in [-0.2, -0.15) is 0 Å². The molecule has 27 heavy (non-hydrogen) atoms. The molecule has 3 aromatic carbocycles. The van der Waals surface area contributed by atoms with Crippen molar-refractivity contribution in [3.8, 4) is 11.1 Å². The lowest BCUT2D eigenvalue weighted by Crippen LogP contribution is -2.07. The monoisotopic (exact) mass is 354 g/mol. The molecule has 0 amide bonds. The van der Waals surface area contributed by atoms with Crippen LogP contribution in [0.4, 0.5) is 5.69 Å². The maximum atomic E-state index is 8.66. The number of imidazole rings is 1. The molecule has 1 heterocycles. The van der Waals surface area contributed by atoms with Gasteiger partial charge in [0.1, 0.15) is 5.71 Å². The molecule has 4 N–H and O–H groups in total. The van der Waals surface area contributed by atoms with Gasteiger partial charge in [0.25, 0.3) is 0 Å². The molecular weight excluding hydrogens is 332 g/mol. The zero-order valence-corrected chi connectivity index (χ0v) is 15.5. The zero-order chi connectivity index (χ0) is 19.0. The zero-order valence-electron chi connectivity index (χ0n) is 15.5. The maximum Gasteiger partial charge on any atom is 0.157 e. The van der Waals surface area contributed by atoms with E-state index in [4.69, 9.17) is 11.1 Å². The second-order valence-electron chi connectivity index (χ2n) is 6.78. The van der Waals surface area contributed by atoms with Gasteiger partial charge in [-0.25, -0.2) is 4.98 Å². The standard InChI is InChI=1S/C23H22N4/c1-3-15-9-8-14(2)17(12-15)16-10-11-19(24)18(13-16)22(25)23-26-20-6-4-5-7-21(20)27-23/h4-13,25H,3,24H2,1-2H3,(H,26,27). The van der Waals surface area contributed by atoms with Gasteiger partial charge in [0.2, 0.25) is 0 Å². The van der Waals surface area contributed by atoms with Crippen LogP contribution in [0.2, 0.25) is 0 Å². The Balaban J connectivity index is 1.79. The third-order valence-corrected chi connectivity index (χ3v) is 4.97. The highest BCUT2D eigenvalue weighted by Crippen LogP contribution is 2.29. The number of fused-ring (bicyclic) bond motifs is 1. The first-order chi connectivity index (χ1) is 13.1. The predicted octanol–water partition coefficient (Wildman–Crippen LogP) is 5.10. The van der Waals surface area contributed by atoms with Gasteiger partial charge in [0, 0.05) is 11.3 Å². The molecule has 4 heteroatoms. The molecule has 0 radical (unpaired) electrons. The van der Waals surface area contributed by atoms with Crippen LogP contribution in [0.5, 0.6) is 0 Å². The largest absolute Gasteiger partial charge is 0.398 e. The third kappa shape index (κ3) is 3.10. The molecule has 0 aliphatic rings. The first-order valence-corrected chi connectivity index (χ1v) is 9.10. The van der Waals surface area contributed by atoms with Crippen LogP contribution in [0.1, 0.15) is 29.4 Å². The van der Waals surface area contributed by atoms with E-state index >= 15 is 0 Å². The molecule has 0 spiro atoms. The molecule has 0 unspecified atom stereocenters. The Morgan fingerprint density at radius 2 is 1.89 bits per heavy atom. The minimum atomic E-state index is 0.301. The van der Waals surface area contributed by atoms with Crippen molar-refractivity contribution in [3.63, 3.8) is 0 Å². The maximum absolute atomic E-state index is 8.66. The van der Waals surface area contributed by atoms with Crippen molar-refractivity contribution in [1.82, 2.24) is 9.97 Å². The van der Waals surface area contributed by atoms with Crippen molar-refractivity contribution < 1.29 is 0 Å². The van der Waals surface area contributed by atoms with Gasteiger partial charge in [-0.05, 0) is 59.9 Å². The van der Waals surface area contributed by atoms with Gasteiger partial charge < -0.3 is 10.7 Å². The van der Waals surface area contributed by atoms with E-state index in [9.17, 15) is 0 Å². The predicted molar refractivity (Wildman–Crippen MR) is 112 cm³/mol. The van der Waals surface area contributed by atoms with Crippen molar-refractivity contribution in [2.24, 2.45) is 0 Å². The van der Waals surface area contributed by atoms with E-state index in [1.54, 1.807) is 0 Å². The van der Waals surface area contributed by atoms with Gasteiger partial charge in [-0.15, -0.1) is 0 Å². The number of anilines is 1. The molecule has 0 saturated carbocycles. The molecule has 0 fully saturated rings. The summed E-state index contributed by atoms with van der Waals surface area (Å²) in [6, 6.07) is 20.2. The summed E-state index contributed by atoms with van der Waals surface area (Å²) in [4.78, 5) is 7.76. The molecule has 1 aromatic heterocycles. The number of aryl methyl sites for hydroxylation is 2. The highest BCUT2D eigenvalue weighted by Gasteiger charge is 2.15. The number of nitrogen functional groups attached to an aromatic ring is 1. The van der Waals surface area contributed by atoms with E-state index in [2.05, 4.69) is 42.0 Å². The van der Waals surface area contributed by atoms with Gasteiger partial charge in [-0.1, -0.05) is 43.3 Å². The number of rotatable bonds is 4. The van der Waals surface area contributed by atoms with Crippen LogP contribution in [0.25, 0.3) is 22.2 Å². The van der Waals surface area contributed by atoms with Crippen molar-refractivity contribution >= 4 is 22.4 Å². The van der Waals surface area contributed by atoms with E-state index in [0.717, 1.165) is 23.0 Å². The number of benzene rings is 3. The molecular formula is C23H22N4. The Morgan fingerprint density at radius 3 is 2.67 bits per heavy atom. The highest BCUT2D eigenvalue weighted by atomic mass is 14.9. The average Bonchev–Trinajstić information content (AvgIpc) is 3.13. The topological polar surface area (TPSA) is 78.6 Å². The Bertz CT molecular complexity index is 1120. The summed E-state index contributed by atoms with van der Waals surface area (Å²) >= 11 is 0. The smallest absolute Gasteiger partial charge is 0.157 e. The minimum absolute atomic E-state index is 0.301. The number of para-hydroxylation sites is 2. The van der Waals surface area contributed by atoms with Crippen LogP contribution < -0.4 is 5.73 Å². The quantitative estimate of drug-likeness (QED) is 0.352. The molecule has 0 aliphatic carbocycles. The molecule has 4 nitrogen and oxygen atoms in total. The number of hydrogen-bond donors (Lipinski definition) is 3. The number of H-pyrrole nitrogens is 1. The molecule has 0 saturated heterocycles. The number of nitrogens with one attached hydrogen (secondary N) is 2. The number of nitrogens with two attached hydrogens (primary N) is 1. The lowest BCUT2D eigenvalue weighted by Gasteiger charge is -2.12. The molecule has 4 aromatic rings. The SMILES string of the molecule is CCc1ccc(C)c(-c2ccc(N)c(C(=N)c3nc4ccccc4[nH]3)c2)c1. The van der Waals surface area contributed by atoms with E-state index < -0.39 is 0 Å². The van der Waals surface area contributed by atoms with Crippen LogP contribution in [-0.2, 0) is 6.42 Å². The summed E-state index contributed by atoms with van der Waals surface area (Å²) in [5.41, 5.74) is 14.3. The molecule has 0 aliphatic heterocycles. The van der Waals surface area contributed by atoms with E-state index in [-0.39, 0.29) is 0 Å². The average molecular weight is 354 g/mol. The van der Waals surface area contributed by atoms with Crippen molar-refractivity contribution in [2.45, 2.75) is 20.3 Å². The minimum Gasteiger partial charge on any atom is -0.398 e. The first-order valence-electron chi connectivity index (χ1n) is 9.10. The van der Waals surface area contributed by atoms with E-state index in [1.807, 2.05) is 42.5 Å². The summed E-state index contributed by atoms with van der Waals surface area (Å²) < 4.78 is 0. The second-order valence-corrected chi connectivity index (χ2v) is 6.78. The van der Waals surface area contributed by atoms with Gasteiger partial charge in [-0.3, -0.25) is 5.41 Å². The van der Waals surface area contributed by atoms with Gasteiger partial charge in [0.05, 0.1) is 11.0 Å². The third-order valence-electron chi connectivity index (χ3n) is 4.97. The number of aromatic amines is 1. The lowest BCUT2D eigenvalue weighted by molar-refractivity contribution is 1.14. The molecule has 0 atom stereocenters. The van der Waals surface area contributed by atoms with Crippen molar-refractivity contribution in [3.05, 3.63) is 83.2 Å². The molecule has 4 rings (SSSR count). The summed E-state index contributed by atoms with van der Waals surface area (Å²) in [7, 11) is 0. The fraction of sp³-hybridized carbons (Fsp3) is 0.130.